The van der Waals surface area contributed by atoms with E-state index in [0.717, 1.165) is 5.56 Å². The number of nitrogens with two attached hydrogens (primary N) is 1. The number of nitrogens with one attached hydrogen (secondary N) is 1. The Hall–Kier alpha value is -1.39. The van der Waals surface area contributed by atoms with Gasteiger partial charge < -0.3 is 15.8 Å². The Bertz CT molecular complexity index is 341. The van der Waals surface area contributed by atoms with Crippen molar-refractivity contribution in [2.45, 2.75) is 25.9 Å². The van der Waals surface area contributed by atoms with Crippen molar-refractivity contribution in [3.05, 3.63) is 35.9 Å². The van der Waals surface area contributed by atoms with E-state index in [2.05, 4.69) is 5.32 Å². The van der Waals surface area contributed by atoms with Gasteiger partial charge in [-0.25, -0.2) is 0 Å². The molecule has 1 unspecified atom stereocenters. The fourth-order valence-electron chi connectivity index (χ4n) is 1.48. The van der Waals surface area contributed by atoms with Crippen LogP contribution >= 0.6 is 0 Å². The van der Waals surface area contributed by atoms with Gasteiger partial charge in [-0.15, -0.1) is 0 Å². The van der Waals surface area contributed by atoms with Crippen LogP contribution in [-0.2, 0) is 9.53 Å². The first-order valence-corrected chi connectivity index (χ1v) is 5.83. The molecule has 0 aliphatic carbocycles. The number of carbonyl (C=O) groups is 1. The SMILES string of the molecule is CCOCC(C)NC(=O)[C@@H](N)c1ccccc1. The second-order valence-corrected chi connectivity index (χ2v) is 3.96. The molecule has 0 bridgehead atoms. The van der Waals surface area contributed by atoms with E-state index in [1.807, 2.05) is 44.2 Å². The fourth-order valence-corrected chi connectivity index (χ4v) is 1.48. The first kappa shape index (κ1) is 13.7. The number of amides is 1. The molecule has 1 amide bonds. The number of benzene rings is 1. The maximum atomic E-state index is 11.8. The van der Waals surface area contributed by atoms with E-state index in [1.54, 1.807) is 0 Å². The highest BCUT2D eigenvalue weighted by Crippen LogP contribution is 2.09. The first-order chi connectivity index (χ1) is 8.15. The summed E-state index contributed by atoms with van der Waals surface area (Å²) in [6.45, 7) is 4.96. The van der Waals surface area contributed by atoms with E-state index < -0.39 is 6.04 Å². The lowest BCUT2D eigenvalue weighted by molar-refractivity contribution is -0.123. The van der Waals surface area contributed by atoms with E-state index in [9.17, 15) is 4.79 Å². The Kier molecular flexibility index (Phi) is 5.66. The molecule has 0 aliphatic rings. The highest BCUT2D eigenvalue weighted by atomic mass is 16.5. The molecule has 0 radical (unpaired) electrons. The smallest absolute Gasteiger partial charge is 0.241 e. The minimum absolute atomic E-state index is 0.0304. The van der Waals surface area contributed by atoms with Crippen molar-refractivity contribution < 1.29 is 9.53 Å². The van der Waals surface area contributed by atoms with Crippen LogP contribution in [-0.4, -0.2) is 25.2 Å². The minimum atomic E-state index is -0.625. The Balaban J connectivity index is 2.47. The topological polar surface area (TPSA) is 64.3 Å². The number of rotatable bonds is 6. The Morgan fingerprint density at radius 2 is 2.06 bits per heavy atom. The molecule has 0 fully saturated rings. The molecule has 0 saturated heterocycles. The third-order valence-electron chi connectivity index (χ3n) is 2.40. The van der Waals surface area contributed by atoms with Crippen molar-refractivity contribution in [2.75, 3.05) is 13.2 Å². The summed E-state index contributed by atoms with van der Waals surface area (Å²) < 4.78 is 5.23. The molecular formula is C13H20N2O2. The van der Waals surface area contributed by atoms with Crippen LogP contribution in [0, 0.1) is 0 Å². The van der Waals surface area contributed by atoms with Crippen molar-refractivity contribution in [2.24, 2.45) is 5.73 Å². The zero-order chi connectivity index (χ0) is 12.7. The van der Waals surface area contributed by atoms with E-state index in [-0.39, 0.29) is 11.9 Å². The van der Waals surface area contributed by atoms with E-state index >= 15 is 0 Å². The van der Waals surface area contributed by atoms with Crippen LogP contribution < -0.4 is 11.1 Å². The van der Waals surface area contributed by atoms with Crippen molar-refractivity contribution in [3.8, 4) is 0 Å². The van der Waals surface area contributed by atoms with E-state index in [0.29, 0.717) is 13.2 Å². The molecular weight excluding hydrogens is 216 g/mol. The maximum absolute atomic E-state index is 11.8. The van der Waals surface area contributed by atoms with Crippen LogP contribution in [0.25, 0.3) is 0 Å². The van der Waals surface area contributed by atoms with Crippen LogP contribution in [0.2, 0.25) is 0 Å². The molecule has 94 valence electrons. The normalized spacial score (nSPS) is 14.1. The van der Waals surface area contributed by atoms with Gasteiger partial charge in [0.15, 0.2) is 0 Å². The molecule has 4 nitrogen and oxygen atoms in total. The van der Waals surface area contributed by atoms with Gasteiger partial charge in [-0.3, -0.25) is 4.79 Å². The maximum Gasteiger partial charge on any atom is 0.241 e. The predicted molar refractivity (Wildman–Crippen MR) is 67.5 cm³/mol. The van der Waals surface area contributed by atoms with Gasteiger partial charge in [-0.05, 0) is 19.4 Å². The summed E-state index contributed by atoms with van der Waals surface area (Å²) in [5.74, 6) is -0.177. The van der Waals surface area contributed by atoms with Crippen LogP contribution in [0.15, 0.2) is 30.3 Å². The van der Waals surface area contributed by atoms with Crippen LogP contribution in [0.3, 0.4) is 0 Å². The second-order valence-electron chi connectivity index (χ2n) is 3.96. The van der Waals surface area contributed by atoms with E-state index in [4.69, 9.17) is 10.5 Å². The lowest BCUT2D eigenvalue weighted by Gasteiger charge is -2.17. The van der Waals surface area contributed by atoms with Crippen LogP contribution in [0.5, 0.6) is 0 Å². The predicted octanol–water partition coefficient (Wildman–Crippen LogP) is 1.23. The fraction of sp³-hybridized carbons (Fsp3) is 0.462. The van der Waals surface area contributed by atoms with Gasteiger partial charge in [0.25, 0.3) is 0 Å². The molecule has 0 aliphatic heterocycles. The highest BCUT2D eigenvalue weighted by molar-refractivity contribution is 5.83. The third kappa shape index (κ3) is 4.54. The van der Waals surface area contributed by atoms with Gasteiger partial charge >= 0.3 is 0 Å². The van der Waals surface area contributed by atoms with E-state index in [1.165, 1.54) is 0 Å². The molecule has 2 atom stereocenters. The van der Waals surface area contributed by atoms with Crippen molar-refractivity contribution in [3.63, 3.8) is 0 Å². The summed E-state index contributed by atoms with van der Waals surface area (Å²) in [6, 6.07) is 8.66. The second kappa shape index (κ2) is 7.04. The summed E-state index contributed by atoms with van der Waals surface area (Å²) in [7, 11) is 0. The van der Waals surface area contributed by atoms with Crippen molar-refractivity contribution in [1.29, 1.82) is 0 Å². The van der Waals surface area contributed by atoms with Gasteiger partial charge in [-0.1, -0.05) is 30.3 Å². The van der Waals surface area contributed by atoms with Crippen LogP contribution in [0.1, 0.15) is 25.5 Å². The molecule has 1 aromatic carbocycles. The number of hydrogen-bond donors (Lipinski definition) is 2. The molecule has 0 spiro atoms. The van der Waals surface area contributed by atoms with Gasteiger partial charge in [0.1, 0.15) is 6.04 Å². The molecule has 1 aromatic rings. The molecule has 1 rings (SSSR count). The molecule has 17 heavy (non-hydrogen) atoms. The number of ether oxygens (including phenoxy) is 1. The lowest BCUT2D eigenvalue weighted by atomic mass is 10.1. The average Bonchev–Trinajstić information content (AvgIpc) is 2.36. The van der Waals surface area contributed by atoms with Crippen molar-refractivity contribution >= 4 is 5.91 Å². The summed E-state index contributed by atoms with van der Waals surface area (Å²) in [5.41, 5.74) is 6.68. The third-order valence-corrected chi connectivity index (χ3v) is 2.40. The largest absolute Gasteiger partial charge is 0.380 e. The van der Waals surface area contributed by atoms with Gasteiger partial charge in [-0.2, -0.15) is 0 Å². The Morgan fingerprint density at radius 1 is 1.41 bits per heavy atom. The zero-order valence-electron chi connectivity index (χ0n) is 10.3. The van der Waals surface area contributed by atoms with Gasteiger partial charge in [0.2, 0.25) is 5.91 Å². The molecule has 3 N–H and O–H groups in total. The summed E-state index contributed by atoms with van der Waals surface area (Å²) in [5, 5.41) is 2.82. The average molecular weight is 236 g/mol. The summed E-state index contributed by atoms with van der Waals surface area (Å²) >= 11 is 0. The summed E-state index contributed by atoms with van der Waals surface area (Å²) in [6.07, 6.45) is 0. The molecule has 0 aromatic heterocycles. The van der Waals surface area contributed by atoms with Gasteiger partial charge in [0, 0.05) is 12.6 Å². The minimum Gasteiger partial charge on any atom is -0.380 e. The van der Waals surface area contributed by atoms with Crippen molar-refractivity contribution in [1.82, 2.24) is 5.32 Å². The van der Waals surface area contributed by atoms with Crippen LogP contribution in [0.4, 0.5) is 0 Å². The number of carbonyl (C=O) groups excluding carboxylic acids is 1. The molecule has 0 saturated carbocycles. The molecule has 4 heteroatoms. The highest BCUT2D eigenvalue weighted by Gasteiger charge is 2.17. The van der Waals surface area contributed by atoms with Gasteiger partial charge in [0.05, 0.1) is 6.61 Å². The first-order valence-electron chi connectivity index (χ1n) is 5.83. The Morgan fingerprint density at radius 3 is 2.65 bits per heavy atom. The summed E-state index contributed by atoms with van der Waals surface area (Å²) in [4.78, 5) is 11.8. The zero-order valence-corrected chi connectivity index (χ0v) is 10.3. The number of hydrogen-bond acceptors (Lipinski definition) is 3. The standard InChI is InChI=1S/C13H20N2O2/c1-3-17-9-10(2)15-13(16)12(14)11-7-5-4-6-8-11/h4-8,10,12H,3,9,14H2,1-2H3,(H,15,16)/t10?,12-/m0/s1. The molecule has 0 heterocycles. The lowest BCUT2D eigenvalue weighted by Crippen LogP contribution is -2.41. The monoisotopic (exact) mass is 236 g/mol. The quantitative estimate of drug-likeness (QED) is 0.780. The Labute approximate surface area is 102 Å².